The number of sulfonamides is 1. The summed E-state index contributed by atoms with van der Waals surface area (Å²) >= 11 is 9.44. The second-order valence-corrected chi connectivity index (χ2v) is 8.58. The maximum atomic E-state index is 12.9. The highest BCUT2D eigenvalue weighted by Crippen LogP contribution is 2.34. The van der Waals surface area contributed by atoms with E-state index in [-0.39, 0.29) is 22.0 Å². The third kappa shape index (κ3) is 3.21. The van der Waals surface area contributed by atoms with Gasteiger partial charge in [0.15, 0.2) is 0 Å². The average molecular weight is 381 g/mol. The fraction of sp³-hybridized carbons (Fsp3) is 0.571. The fourth-order valence-electron chi connectivity index (χ4n) is 2.85. The molecule has 1 aromatic rings. The van der Waals surface area contributed by atoms with Gasteiger partial charge in [0.25, 0.3) is 0 Å². The monoisotopic (exact) mass is 379 g/mol. The third-order valence-electron chi connectivity index (χ3n) is 3.64. The molecular formula is C14H19BrClNO2S. The van der Waals surface area contributed by atoms with Gasteiger partial charge >= 0.3 is 0 Å². The topological polar surface area (TPSA) is 37.4 Å². The van der Waals surface area contributed by atoms with E-state index >= 15 is 0 Å². The van der Waals surface area contributed by atoms with Gasteiger partial charge in [-0.05, 0) is 44.9 Å². The van der Waals surface area contributed by atoms with Gasteiger partial charge in [0.05, 0.1) is 5.02 Å². The minimum absolute atomic E-state index is 0.0668. The molecule has 0 unspecified atom stereocenters. The zero-order valence-corrected chi connectivity index (χ0v) is 14.8. The standard InChI is InChI=1S/C14H19BrClNO2S/c1-10(2)17(12-5-3-4-6-12)20(18,19)14-8-7-11(15)9-13(14)16/h7-10,12H,3-6H2,1-2H3. The van der Waals surface area contributed by atoms with Crippen LogP contribution in [0, 0.1) is 0 Å². The first kappa shape index (κ1) is 16.3. The van der Waals surface area contributed by atoms with Gasteiger partial charge in [-0.2, -0.15) is 4.31 Å². The van der Waals surface area contributed by atoms with E-state index in [0.29, 0.717) is 0 Å². The van der Waals surface area contributed by atoms with Crippen LogP contribution in [0.25, 0.3) is 0 Å². The molecule has 2 rings (SSSR count). The summed E-state index contributed by atoms with van der Waals surface area (Å²) in [5.41, 5.74) is 0. The lowest BCUT2D eigenvalue weighted by Gasteiger charge is -2.31. The zero-order valence-electron chi connectivity index (χ0n) is 11.6. The summed E-state index contributed by atoms with van der Waals surface area (Å²) in [6.07, 6.45) is 4.06. The van der Waals surface area contributed by atoms with Crippen molar-refractivity contribution in [1.29, 1.82) is 0 Å². The van der Waals surface area contributed by atoms with Crippen LogP contribution in [0.1, 0.15) is 39.5 Å². The molecule has 20 heavy (non-hydrogen) atoms. The van der Waals surface area contributed by atoms with Gasteiger partial charge in [-0.15, -0.1) is 0 Å². The lowest BCUT2D eigenvalue weighted by Crippen LogP contribution is -2.43. The molecule has 0 aliphatic heterocycles. The van der Waals surface area contributed by atoms with E-state index < -0.39 is 10.0 Å². The zero-order chi connectivity index (χ0) is 14.9. The van der Waals surface area contributed by atoms with Gasteiger partial charge in [-0.3, -0.25) is 0 Å². The number of rotatable bonds is 4. The Morgan fingerprint density at radius 3 is 2.40 bits per heavy atom. The number of nitrogens with zero attached hydrogens (tertiary/aromatic N) is 1. The Hall–Kier alpha value is -0.100. The first-order valence-electron chi connectivity index (χ1n) is 6.82. The summed E-state index contributed by atoms with van der Waals surface area (Å²) in [6, 6.07) is 4.95. The van der Waals surface area contributed by atoms with Gasteiger partial charge in [-0.1, -0.05) is 40.4 Å². The van der Waals surface area contributed by atoms with Crippen molar-refractivity contribution in [3.8, 4) is 0 Å². The van der Waals surface area contributed by atoms with E-state index in [0.717, 1.165) is 30.2 Å². The SMILES string of the molecule is CC(C)N(C1CCCC1)S(=O)(=O)c1ccc(Br)cc1Cl. The highest BCUT2D eigenvalue weighted by Gasteiger charge is 2.36. The van der Waals surface area contributed by atoms with Crippen LogP contribution in [0.2, 0.25) is 5.02 Å². The van der Waals surface area contributed by atoms with Crippen molar-refractivity contribution in [2.75, 3.05) is 0 Å². The number of benzene rings is 1. The summed E-state index contributed by atoms with van der Waals surface area (Å²) < 4.78 is 28.2. The van der Waals surface area contributed by atoms with Gasteiger partial charge < -0.3 is 0 Å². The Bertz CT molecular complexity index is 583. The van der Waals surface area contributed by atoms with E-state index in [1.54, 1.807) is 22.5 Å². The van der Waals surface area contributed by atoms with Gasteiger partial charge in [-0.25, -0.2) is 8.42 Å². The summed E-state index contributed by atoms with van der Waals surface area (Å²) in [5, 5.41) is 0.267. The van der Waals surface area contributed by atoms with Crippen LogP contribution in [0.3, 0.4) is 0 Å². The molecule has 0 saturated heterocycles. The molecule has 6 heteroatoms. The van der Waals surface area contributed by atoms with Crippen molar-refractivity contribution >= 4 is 37.6 Å². The first-order chi connectivity index (χ1) is 9.34. The Morgan fingerprint density at radius 2 is 1.90 bits per heavy atom. The maximum Gasteiger partial charge on any atom is 0.245 e. The van der Waals surface area contributed by atoms with Crippen molar-refractivity contribution < 1.29 is 8.42 Å². The normalized spacial score (nSPS) is 17.3. The molecule has 0 spiro atoms. The largest absolute Gasteiger partial charge is 0.245 e. The molecule has 1 aliphatic carbocycles. The van der Waals surface area contributed by atoms with Crippen molar-refractivity contribution in [3.63, 3.8) is 0 Å². The molecule has 3 nitrogen and oxygen atoms in total. The maximum absolute atomic E-state index is 12.9. The second-order valence-electron chi connectivity index (χ2n) is 5.44. The Balaban J connectivity index is 2.44. The average Bonchev–Trinajstić information content (AvgIpc) is 2.80. The molecular weight excluding hydrogens is 362 g/mol. The minimum atomic E-state index is -3.55. The van der Waals surface area contributed by atoms with E-state index in [2.05, 4.69) is 15.9 Å². The lowest BCUT2D eigenvalue weighted by molar-refractivity contribution is 0.275. The quantitative estimate of drug-likeness (QED) is 0.774. The number of halogens is 2. The van der Waals surface area contributed by atoms with Crippen LogP contribution in [0.4, 0.5) is 0 Å². The van der Waals surface area contributed by atoms with Crippen molar-refractivity contribution in [1.82, 2.24) is 4.31 Å². The predicted octanol–water partition coefficient (Wildman–Crippen LogP) is 4.44. The van der Waals surface area contributed by atoms with E-state index in [4.69, 9.17) is 11.6 Å². The van der Waals surface area contributed by atoms with Crippen LogP contribution in [0.15, 0.2) is 27.6 Å². The summed E-state index contributed by atoms with van der Waals surface area (Å²) in [4.78, 5) is 0.197. The summed E-state index contributed by atoms with van der Waals surface area (Å²) in [5.74, 6) is 0. The molecule has 1 saturated carbocycles. The molecule has 0 N–H and O–H groups in total. The molecule has 112 valence electrons. The van der Waals surface area contributed by atoms with E-state index in [9.17, 15) is 8.42 Å². The van der Waals surface area contributed by atoms with Crippen LogP contribution < -0.4 is 0 Å². The predicted molar refractivity (Wildman–Crippen MR) is 85.6 cm³/mol. The van der Waals surface area contributed by atoms with E-state index in [1.807, 2.05) is 13.8 Å². The smallest absolute Gasteiger partial charge is 0.207 e. The highest BCUT2D eigenvalue weighted by molar-refractivity contribution is 9.10. The summed E-state index contributed by atoms with van der Waals surface area (Å²) in [7, 11) is -3.55. The van der Waals surface area contributed by atoms with Crippen LogP contribution in [0.5, 0.6) is 0 Å². The molecule has 1 aromatic carbocycles. The molecule has 0 atom stereocenters. The summed E-state index contributed by atoms with van der Waals surface area (Å²) in [6.45, 7) is 3.84. The highest BCUT2D eigenvalue weighted by atomic mass is 79.9. The van der Waals surface area contributed by atoms with Crippen LogP contribution in [-0.2, 0) is 10.0 Å². The molecule has 0 aromatic heterocycles. The second kappa shape index (κ2) is 6.34. The lowest BCUT2D eigenvalue weighted by atomic mass is 10.2. The van der Waals surface area contributed by atoms with Crippen LogP contribution >= 0.6 is 27.5 Å². The van der Waals surface area contributed by atoms with Gasteiger partial charge in [0.2, 0.25) is 10.0 Å². The Kier molecular flexibility index (Phi) is 5.16. The molecule has 0 radical (unpaired) electrons. The fourth-order valence-corrected chi connectivity index (χ4v) is 5.75. The Morgan fingerprint density at radius 1 is 1.30 bits per heavy atom. The molecule has 0 heterocycles. The van der Waals surface area contributed by atoms with Crippen molar-refractivity contribution in [2.45, 2.75) is 56.5 Å². The van der Waals surface area contributed by atoms with Crippen molar-refractivity contribution in [2.24, 2.45) is 0 Å². The van der Waals surface area contributed by atoms with Gasteiger partial charge in [0.1, 0.15) is 4.90 Å². The number of hydrogen-bond acceptors (Lipinski definition) is 2. The van der Waals surface area contributed by atoms with Gasteiger partial charge in [0, 0.05) is 16.6 Å². The molecule has 0 amide bonds. The third-order valence-corrected chi connectivity index (χ3v) is 6.75. The van der Waals surface area contributed by atoms with Crippen LogP contribution in [-0.4, -0.2) is 24.8 Å². The minimum Gasteiger partial charge on any atom is -0.207 e. The van der Waals surface area contributed by atoms with E-state index in [1.165, 1.54) is 0 Å². The molecule has 1 fully saturated rings. The Labute approximate surface area is 134 Å². The first-order valence-corrected chi connectivity index (χ1v) is 9.43. The molecule has 1 aliphatic rings. The molecule has 0 bridgehead atoms. The number of hydrogen-bond donors (Lipinski definition) is 0. The van der Waals surface area contributed by atoms with Crippen molar-refractivity contribution in [3.05, 3.63) is 27.7 Å².